The minimum atomic E-state index is -1.30. The van der Waals surface area contributed by atoms with Gasteiger partial charge in [0.05, 0.1) is 13.2 Å². The van der Waals surface area contributed by atoms with Gasteiger partial charge in [-0.2, -0.15) is 0 Å². The number of nitrogens with one attached hydrogen (secondary N) is 1. The van der Waals surface area contributed by atoms with Gasteiger partial charge in [-0.1, -0.05) is 24.3 Å². The second kappa shape index (κ2) is 6.02. The number of carbonyl (C=O) groups excluding carboxylic acids is 1. The van der Waals surface area contributed by atoms with E-state index in [2.05, 4.69) is 17.4 Å². The third kappa shape index (κ3) is 3.21. The largest absolute Gasteiger partial charge is 0.493 e. The maximum atomic E-state index is 11.9. The Morgan fingerprint density at radius 3 is 2.65 bits per heavy atom. The van der Waals surface area contributed by atoms with E-state index < -0.39 is 18.1 Å². The number of amides is 1. The molecule has 1 aliphatic rings. The van der Waals surface area contributed by atoms with Gasteiger partial charge in [0.15, 0.2) is 0 Å². The molecule has 4 N–H and O–H groups in total. The van der Waals surface area contributed by atoms with E-state index in [4.69, 9.17) is 15.6 Å². The fourth-order valence-electron chi connectivity index (χ4n) is 2.44. The van der Waals surface area contributed by atoms with Gasteiger partial charge in [-0.15, -0.1) is 0 Å². The van der Waals surface area contributed by atoms with Crippen LogP contribution in [0.3, 0.4) is 0 Å². The second-order valence-electron chi connectivity index (χ2n) is 6.03. The molecular formula is C18H20N2O3. The zero-order valence-electron chi connectivity index (χ0n) is 13.0. The van der Waals surface area contributed by atoms with Crippen molar-refractivity contribution in [3.05, 3.63) is 48.0 Å². The molecule has 0 aliphatic carbocycles. The highest BCUT2D eigenvalue weighted by Gasteiger charge is 2.27. The molecule has 0 saturated heterocycles. The van der Waals surface area contributed by atoms with Crippen molar-refractivity contribution in [2.75, 3.05) is 18.5 Å². The first-order chi connectivity index (χ1) is 11.0. The van der Waals surface area contributed by atoms with E-state index in [1.54, 1.807) is 0 Å². The summed E-state index contributed by atoms with van der Waals surface area (Å²) >= 11 is 0. The summed E-state index contributed by atoms with van der Waals surface area (Å²) in [6.07, 6.45) is 0.962. The van der Waals surface area contributed by atoms with Gasteiger partial charge in [-0.3, -0.25) is 4.79 Å². The van der Waals surface area contributed by atoms with Gasteiger partial charge in [0.1, 0.15) is 11.3 Å². The molecule has 0 spiro atoms. The number of nitrogens with two attached hydrogens (primary N) is 1. The molecule has 3 rings (SSSR count). The number of aliphatic hydroxyl groups is 1. The molecule has 1 atom stereocenters. The lowest BCUT2D eigenvalue weighted by Gasteiger charge is -2.20. The average molecular weight is 312 g/mol. The molecule has 0 bridgehead atoms. The fraction of sp³-hybridized carbons (Fsp3) is 0.278. The number of carbonyl (C=O) groups is 1. The van der Waals surface area contributed by atoms with E-state index >= 15 is 0 Å². The van der Waals surface area contributed by atoms with E-state index in [0.717, 1.165) is 29.9 Å². The molecule has 0 aromatic heterocycles. The summed E-state index contributed by atoms with van der Waals surface area (Å²) in [4.78, 5) is 11.9. The Morgan fingerprint density at radius 1 is 1.26 bits per heavy atom. The van der Waals surface area contributed by atoms with Crippen molar-refractivity contribution in [1.29, 1.82) is 0 Å². The molecule has 5 heteroatoms. The van der Waals surface area contributed by atoms with Crippen LogP contribution in [0.2, 0.25) is 0 Å². The molecule has 0 saturated carbocycles. The van der Waals surface area contributed by atoms with Crippen LogP contribution in [-0.2, 0) is 11.2 Å². The van der Waals surface area contributed by atoms with Gasteiger partial charge in [0, 0.05) is 12.1 Å². The van der Waals surface area contributed by atoms with E-state index in [-0.39, 0.29) is 0 Å². The predicted molar refractivity (Wildman–Crippen MR) is 89.4 cm³/mol. The van der Waals surface area contributed by atoms with Crippen molar-refractivity contribution in [3.63, 3.8) is 0 Å². The first-order valence-electron chi connectivity index (χ1n) is 7.57. The first-order valence-corrected chi connectivity index (χ1v) is 7.57. The summed E-state index contributed by atoms with van der Waals surface area (Å²) in [5, 5.41) is 11.8. The maximum Gasteiger partial charge on any atom is 0.246 e. The summed E-state index contributed by atoms with van der Waals surface area (Å²) < 4.78 is 5.59. The van der Waals surface area contributed by atoms with Crippen LogP contribution in [0.15, 0.2) is 42.5 Å². The highest BCUT2D eigenvalue weighted by molar-refractivity contribution is 5.97. The third-order valence-electron chi connectivity index (χ3n) is 4.02. The number of ether oxygens (including phenoxy) is 1. The first kappa shape index (κ1) is 15.5. The normalized spacial score (nSPS) is 15.4. The summed E-state index contributed by atoms with van der Waals surface area (Å²) in [7, 11) is 0. The van der Waals surface area contributed by atoms with Crippen molar-refractivity contribution < 1.29 is 14.6 Å². The van der Waals surface area contributed by atoms with Crippen molar-refractivity contribution in [3.8, 4) is 16.9 Å². The van der Waals surface area contributed by atoms with Crippen LogP contribution in [0.4, 0.5) is 5.69 Å². The Morgan fingerprint density at radius 2 is 1.96 bits per heavy atom. The zero-order valence-corrected chi connectivity index (χ0v) is 13.0. The Hall–Kier alpha value is -2.37. The number of fused-ring (bicyclic) bond motifs is 1. The molecule has 0 fully saturated rings. The quantitative estimate of drug-likeness (QED) is 0.805. The second-order valence-corrected chi connectivity index (χ2v) is 6.03. The minimum absolute atomic E-state index is 0.411. The van der Waals surface area contributed by atoms with Crippen LogP contribution in [0, 0.1) is 0 Å². The molecule has 2 aromatic rings. The molecule has 1 heterocycles. The van der Waals surface area contributed by atoms with Crippen molar-refractivity contribution in [2.45, 2.75) is 18.9 Å². The molecule has 2 aromatic carbocycles. The minimum Gasteiger partial charge on any atom is -0.493 e. The lowest BCUT2D eigenvalue weighted by Crippen LogP contribution is -2.51. The number of anilines is 1. The molecule has 23 heavy (non-hydrogen) atoms. The molecular weight excluding hydrogens is 292 g/mol. The number of aliphatic hydroxyl groups excluding tert-OH is 1. The van der Waals surface area contributed by atoms with Crippen molar-refractivity contribution >= 4 is 11.6 Å². The van der Waals surface area contributed by atoms with Crippen LogP contribution in [0.25, 0.3) is 11.1 Å². The van der Waals surface area contributed by atoms with E-state index in [9.17, 15) is 4.79 Å². The van der Waals surface area contributed by atoms with Crippen LogP contribution in [0.1, 0.15) is 12.5 Å². The predicted octanol–water partition coefficient (Wildman–Crippen LogP) is 1.94. The molecule has 0 radical (unpaired) electrons. The molecule has 0 unspecified atom stereocenters. The van der Waals surface area contributed by atoms with Gasteiger partial charge < -0.3 is 20.9 Å². The Labute approximate surface area is 135 Å². The average Bonchev–Trinajstić information content (AvgIpc) is 3.03. The van der Waals surface area contributed by atoms with Crippen LogP contribution >= 0.6 is 0 Å². The lowest BCUT2D eigenvalue weighted by atomic mass is 10.0. The van der Waals surface area contributed by atoms with Gasteiger partial charge in [0.2, 0.25) is 5.91 Å². The van der Waals surface area contributed by atoms with Gasteiger partial charge in [0.25, 0.3) is 0 Å². The topological polar surface area (TPSA) is 84.6 Å². The van der Waals surface area contributed by atoms with Crippen molar-refractivity contribution in [1.82, 2.24) is 0 Å². The molecule has 1 aliphatic heterocycles. The number of benzene rings is 2. The van der Waals surface area contributed by atoms with Gasteiger partial charge >= 0.3 is 0 Å². The Kier molecular flexibility index (Phi) is 4.07. The van der Waals surface area contributed by atoms with Crippen LogP contribution < -0.4 is 15.8 Å². The number of hydrogen-bond acceptors (Lipinski definition) is 4. The molecule has 120 valence electrons. The molecule has 1 amide bonds. The van der Waals surface area contributed by atoms with Gasteiger partial charge in [-0.05, 0) is 41.8 Å². The Bertz CT molecular complexity index is 724. The highest BCUT2D eigenvalue weighted by atomic mass is 16.5. The van der Waals surface area contributed by atoms with E-state index in [1.165, 1.54) is 12.5 Å². The zero-order chi connectivity index (χ0) is 16.4. The smallest absolute Gasteiger partial charge is 0.246 e. The van der Waals surface area contributed by atoms with Crippen molar-refractivity contribution in [2.24, 2.45) is 5.73 Å². The maximum absolute atomic E-state index is 11.9. The molecule has 5 nitrogen and oxygen atoms in total. The fourth-order valence-corrected chi connectivity index (χ4v) is 2.44. The summed E-state index contributed by atoms with van der Waals surface area (Å²) in [6, 6.07) is 13.7. The lowest BCUT2D eigenvalue weighted by molar-refractivity contribution is -0.121. The van der Waals surface area contributed by atoms with Crippen LogP contribution in [0.5, 0.6) is 5.75 Å². The highest BCUT2D eigenvalue weighted by Crippen LogP contribution is 2.31. The summed E-state index contributed by atoms with van der Waals surface area (Å²) in [6.45, 7) is 1.82. The Balaban J connectivity index is 1.76. The van der Waals surface area contributed by atoms with E-state index in [0.29, 0.717) is 5.69 Å². The van der Waals surface area contributed by atoms with E-state index in [1.807, 2.05) is 30.3 Å². The monoisotopic (exact) mass is 312 g/mol. The third-order valence-corrected chi connectivity index (χ3v) is 4.02. The standard InChI is InChI=1S/C18H20N2O3/c1-18(19,11-21)17(22)20-15-6-4-12(5-7-15)14-3-2-13-8-9-23-16(13)10-14/h2-7,10,21H,8-9,11,19H2,1H3,(H,20,22)/t18-/m0/s1. The van der Waals surface area contributed by atoms with Gasteiger partial charge in [-0.25, -0.2) is 0 Å². The number of rotatable bonds is 4. The number of hydrogen-bond donors (Lipinski definition) is 3. The van der Waals surface area contributed by atoms with Crippen LogP contribution in [-0.4, -0.2) is 29.8 Å². The summed E-state index contributed by atoms with van der Waals surface area (Å²) in [5.74, 6) is 0.528. The SMILES string of the molecule is C[C@](N)(CO)C(=O)Nc1ccc(-c2ccc3c(c2)OCC3)cc1. The summed E-state index contributed by atoms with van der Waals surface area (Å²) in [5.41, 5.74) is 8.40.